The quantitative estimate of drug-likeness (QED) is 0.858. The molecule has 1 aliphatic rings. The van der Waals surface area contributed by atoms with Crippen LogP contribution in [0.1, 0.15) is 42.8 Å². The maximum atomic E-state index is 13.2. The Balaban J connectivity index is 1.57. The zero-order valence-electron chi connectivity index (χ0n) is 12.7. The van der Waals surface area contributed by atoms with E-state index in [1.165, 1.54) is 30.5 Å². The van der Waals surface area contributed by atoms with Crippen molar-refractivity contribution < 1.29 is 13.6 Å². The highest BCUT2D eigenvalue weighted by Crippen LogP contribution is 2.20. The van der Waals surface area contributed by atoms with E-state index in [2.05, 4.69) is 21.6 Å². The van der Waals surface area contributed by atoms with Crippen molar-refractivity contribution in [2.45, 2.75) is 32.1 Å². The number of hydrogen-bond donors (Lipinski definition) is 1. The standard InChI is InChI=1S/C17H18FN3O2/c18-14-8-4-7-13(11-14)16-20-21-17(23-16)15(22)19-10-9-12-5-2-1-3-6-12/h4-5,7-8,11H,1-3,6,9-10H2,(H,19,22). The number of hydrogen-bond acceptors (Lipinski definition) is 4. The van der Waals surface area contributed by atoms with Crippen LogP contribution in [0.5, 0.6) is 0 Å². The average Bonchev–Trinajstić information content (AvgIpc) is 3.06. The first-order chi connectivity index (χ1) is 11.2. The predicted molar refractivity (Wildman–Crippen MR) is 83.2 cm³/mol. The Morgan fingerprint density at radius 2 is 2.22 bits per heavy atom. The van der Waals surface area contributed by atoms with E-state index in [0.717, 1.165) is 19.3 Å². The van der Waals surface area contributed by atoms with Crippen molar-refractivity contribution in [3.8, 4) is 11.5 Å². The minimum Gasteiger partial charge on any atom is -0.412 e. The first kappa shape index (κ1) is 15.4. The molecule has 0 atom stereocenters. The second-order valence-corrected chi connectivity index (χ2v) is 5.54. The van der Waals surface area contributed by atoms with Crippen LogP contribution in [0.3, 0.4) is 0 Å². The lowest BCUT2D eigenvalue weighted by molar-refractivity contribution is 0.0920. The highest BCUT2D eigenvalue weighted by molar-refractivity contribution is 5.89. The molecule has 23 heavy (non-hydrogen) atoms. The largest absolute Gasteiger partial charge is 0.412 e. The lowest BCUT2D eigenvalue weighted by Crippen LogP contribution is -2.25. The maximum Gasteiger partial charge on any atom is 0.308 e. The SMILES string of the molecule is O=C(NCCC1=CCCCC1)c1nnc(-c2cccc(F)c2)o1. The highest BCUT2D eigenvalue weighted by atomic mass is 19.1. The molecule has 1 heterocycles. The van der Waals surface area contributed by atoms with Crippen molar-refractivity contribution in [1.29, 1.82) is 0 Å². The topological polar surface area (TPSA) is 68.0 Å². The first-order valence-corrected chi connectivity index (χ1v) is 7.78. The third kappa shape index (κ3) is 4.03. The van der Waals surface area contributed by atoms with Crippen LogP contribution in [0.4, 0.5) is 4.39 Å². The van der Waals surface area contributed by atoms with E-state index >= 15 is 0 Å². The number of amides is 1. The molecule has 1 aromatic carbocycles. The molecule has 120 valence electrons. The van der Waals surface area contributed by atoms with Gasteiger partial charge < -0.3 is 9.73 Å². The van der Waals surface area contributed by atoms with Crippen LogP contribution >= 0.6 is 0 Å². The lowest BCUT2D eigenvalue weighted by Gasteiger charge is -2.12. The first-order valence-electron chi connectivity index (χ1n) is 7.78. The number of nitrogens with zero attached hydrogens (tertiary/aromatic N) is 2. The molecule has 0 radical (unpaired) electrons. The second kappa shape index (κ2) is 7.17. The Morgan fingerprint density at radius 1 is 1.30 bits per heavy atom. The molecule has 0 spiro atoms. The number of rotatable bonds is 5. The smallest absolute Gasteiger partial charge is 0.308 e. The van der Waals surface area contributed by atoms with Gasteiger partial charge in [-0.2, -0.15) is 0 Å². The summed E-state index contributed by atoms with van der Waals surface area (Å²) < 4.78 is 18.5. The van der Waals surface area contributed by atoms with Gasteiger partial charge in [0, 0.05) is 12.1 Å². The van der Waals surface area contributed by atoms with E-state index in [4.69, 9.17) is 4.42 Å². The van der Waals surface area contributed by atoms with Crippen LogP contribution in [-0.4, -0.2) is 22.6 Å². The van der Waals surface area contributed by atoms with Crippen LogP contribution in [-0.2, 0) is 0 Å². The molecule has 1 aliphatic carbocycles. The molecular formula is C17H18FN3O2. The van der Waals surface area contributed by atoms with Crippen molar-refractivity contribution in [2.24, 2.45) is 0 Å². The molecular weight excluding hydrogens is 297 g/mol. The van der Waals surface area contributed by atoms with Gasteiger partial charge in [0.2, 0.25) is 5.89 Å². The van der Waals surface area contributed by atoms with Crippen LogP contribution in [0, 0.1) is 5.82 Å². The third-order valence-corrected chi connectivity index (χ3v) is 3.81. The zero-order chi connectivity index (χ0) is 16.1. The minimum absolute atomic E-state index is 0.109. The summed E-state index contributed by atoms with van der Waals surface area (Å²) in [5.74, 6) is -0.782. The van der Waals surface area contributed by atoms with Gasteiger partial charge >= 0.3 is 11.8 Å². The summed E-state index contributed by atoms with van der Waals surface area (Å²) in [4.78, 5) is 12.0. The van der Waals surface area contributed by atoms with E-state index < -0.39 is 11.7 Å². The number of benzene rings is 1. The van der Waals surface area contributed by atoms with Crippen LogP contribution in [0.25, 0.3) is 11.5 Å². The van der Waals surface area contributed by atoms with Gasteiger partial charge in [0.25, 0.3) is 0 Å². The molecule has 0 fully saturated rings. The van der Waals surface area contributed by atoms with Gasteiger partial charge in [-0.25, -0.2) is 4.39 Å². The van der Waals surface area contributed by atoms with Crippen molar-refractivity contribution in [1.82, 2.24) is 15.5 Å². The molecule has 3 rings (SSSR count). The summed E-state index contributed by atoms with van der Waals surface area (Å²) in [6, 6.07) is 5.80. The van der Waals surface area contributed by atoms with Crippen molar-refractivity contribution in [3.63, 3.8) is 0 Å². The molecule has 2 aromatic rings. The Morgan fingerprint density at radius 3 is 3.00 bits per heavy atom. The number of nitrogens with one attached hydrogen (secondary N) is 1. The zero-order valence-corrected chi connectivity index (χ0v) is 12.7. The maximum absolute atomic E-state index is 13.2. The fourth-order valence-electron chi connectivity index (χ4n) is 2.60. The predicted octanol–water partition coefficient (Wildman–Crippen LogP) is 3.50. The van der Waals surface area contributed by atoms with Crippen LogP contribution in [0.2, 0.25) is 0 Å². The fraction of sp³-hybridized carbons (Fsp3) is 0.353. The van der Waals surface area contributed by atoms with Crippen molar-refractivity contribution in [3.05, 3.63) is 47.6 Å². The van der Waals surface area contributed by atoms with Gasteiger partial charge in [-0.3, -0.25) is 4.79 Å². The summed E-state index contributed by atoms with van der Waals surface area (Å²) >= 11 is 0. The molecule has 1 amide bonds. The van der Waals surface area contributed by atoms with E-state index in [9.17, 15) is 9.18 Å². The number of aromatic nitrogens is 2. The summed E-state index contributed by atoms with van der Waals surface area (Å²) in [5.41, 5.74) is 1.84. The van der Waals surface area contributed by atoms with Gasteiger partial charge in [0.05, 0.1) is 0 Å². The molecule has 0 saturated carbocycles. The van der Waals surface area contributed by atoms with Crippen molar-refractivity contribution >= 4 is 5.91 Å². The molecule has 1 aromatic heterocycles. The van der Waals surface area contributed by atoms with Crippen LogP contribution < -0.4 is 5.32 Å². The highest BCUT2D eigenvalue weighted by Gasteiger charge is 2.16. The van der Waals surface area contributed by atoms with E-state index in [1.807, 2.05) is 0 Å². The summed E-state index contributed by atoms with van der Waals surface area (Å²) in [6.07, 6.45) is 7.81. The number of carbonyl (C=O) groups is 1. The van der Waals surface area contributed by atoms with Crippen LogP contribution in [0.15, 0.2) is 40.3 Å². The average molecular weight is 315 g/mol. The Bertz CT molecular complexity index is 724. The Hall–Kier alpha value is -2.50. The van der Waals surface area contributed by atoms with Gasteiger partial charge in [-0.15, -0.1) is 10.2 Å². The molecule has 0 unspecified atom stereocenters. The fourth-order valence-corrected chi connectivity index (χ4v) is 2.60. The second-order valence-electron chi connectivity index (χ2n) is 5.54. The molecule has 6 heteroatoms. The molecule has 1 N–H and O–H groups in total. The minimum atomic E-state index is -0.406. The normalized spacial score (nSPS) is 14.4. The van der Waals surface area contributed by atoms with Gasteiger partial charge in [0.1, 0.15) is 5.82 Å². The van der Waals surface area contributed by atoms with Crippen molar-refractivity contribution in [2.75, 3.05) is 6.54 Å². The molecule has 0 bridgehead atoms. The number of allylic oxidation sites excluding steroid dienone is 1. The van der Waals surface area contributed by atoms with E-state index in [1.54, 1.807) is 12.1 Å². The monoisotopic (exact) mass is 315 g/mol. The summed E-state index contributed by atoms with van der Waals surface area (Å²) in [6.45, 7) is 0.544. The van der Waals surface area contributed by atoms with Gasteiger partial charge in [-0.1, -0.05) is 17.7 Å². The molecule has 0 aliphatic heterocycles. The summed E-state index contributed by atoms with van der Waals surface area (Å²) in [7, 11) is 0. The third-order valence-electron chi connectivity index (χ3n) is 3.81. The number of carbonyl (C=O) groups excluding carboxylic acids is 1. The molecule has 5 nitrogen and oxygen atoms in total. The van der Waals surface area contributed by atoms with E-state index in [-0.39, 0.29) is 11.8 Å². The van der Waals surface area contributed by atoms with Gasteiger partial charge in [-0.05, 0) is 50.3 Å². The van der Waals surface area contributed by atoms with E-state index in [0.29, 0.717) is 12.1 Å². The summed E-state index contributed by atoms with van der Waals surface area (Å²) in [5, 5.41) is 10.3. The van der Waals surface area contributed by atoms with Gasteiger partial charge in [0.15, 0.2) is 0 Å². The Labute approximate surface area is 133 Å². The lowest BCUT2D eigenvalue weighted by atomic mass is 9.97. The number of halogens is 1. The Kier molecular flexibility index (Phi) is 4.80. The molecule has 0 saturated heterocycles.